The molecule has 0 aliphatic heterocycles. The highest BCUT2D eigenvalue weighted by molar-refractivity contribution is 5.26. The first-order chi connectivity index (χ1) is 8.24. The largest absolute Gasteiger partial charge is 0.316 e. The van der Waals surface area contributed by atoms with Crippen molar-refractivity contribution < 1.29 is 8.78 Å². The van der Waals surface area contributed by atoms with Gasteiger partial charge in [-0.15, -0.1) is 0 Å². The fourth-order valence-corrected chi connectivity index (χ4v) is 2.52. The van der Waals surface area contributed by atoms with Crippen LogP contribution in [0.15, 0.2) is 18.2 Å². The third-order valence-electron chi connectivity index (χ3n) is 3.62. The minimum Gasteiger partial charge on any atom is -0.316 e. The molecule has 0 saturated heterocycles. The normalized spacial score (nSPS) is 23.5. The Morgan fingerprint density at radius 1 is 1.24 bits per heavy atom. The van der Waals surface area contributed by atoms with Crippen LogP contribution in [0.25, 0.3) is 0 Å². The molecule has 2 atom stereocenters. The zero-order valence-electron chi connectivity index (χ0n) is 10.2. The lowest BCUT2D eigenvalue weighted by Gasteiger charge is -2.37. The van der Waals surface area contributed by atoms with Crippen LogP contribution in [0, 0.1) is 17.6 Å². The van der Waals surface area contributed by atoms with Crippen LogP contribution < -0.4 is 5.32 Å². The fourth-order valence-electron chi connectivity index (χ4n) is 2.52. The van der Waals surface area contributed by atoms with Crippen LogP contribution in [0.1, 0.15) is 37.7 Å². The third-order valence-corrected chi connectivity index (χ3v) is 3.62. The summed E-state index contributed by atoms with van der Waals surface area (Å²) < 4.78 is 27.2. The van der Waals surface area contributed by atoms with E-state index in [9.17, 15) is 8.78 Å². The number of hydrogen-bond acceptors (Lipinski definition) is 1. The van der Waals surface area contributed by atoms with E-state index < -0.39 is 11.6 Å². The zero-order chi connectivity index (χ0) is 12.3. The molecule has 1 fully saturated rings. The van der Waals surface area contributed by atoms with Gasteiger partial charge in [0.05, 0.1) is 0 Å². The average Bonchev–Trinajstić information content (AvgIpc) is 2.28. The molecule has 0 radical (unpaired) electrons. The Hall–Kier alpha value is -0.960. The molecule has 0 bridgehead atoms. The maximum absolute atomic E-state index is 13.6. The fraction of sp³-hybridized carbons (Fsp3) is 0.571. The van der Waals surface area contributed by atoms with Gasteiger partial charge in [0, 0.05) is 5.56 Å². The third kappa shape index (κ3) is 2.65. The highest BCUT2D eigenvalue weighted by atomic mass is 19.1. The van der Waals surface area contributed by atoms with Gasteiger partial charge in [-0.05, 0) is 56.3 Å². The number of nitrogens with one attached hydrogen (secondary N) is 1. The molecule has 1 nitrogen and oxygen atoms in total. The van der Waals surface area contributed by atoms with Gasteiger partial charge in [-0.1, -0.05) is 13.0 Å². The van der Waals surface area contributed by atoms with E-state index in [1.807, 2.05) is 0 Å². The molecule has 17 heavy (non-hydrogen) atoms. The van der Waals surface area contributed by atoms with Gasteiger partial charge in [-0.3, -0.25) is 0 Å². The Morgan fingerprint density at radius 2 is 1.94 bits per heavy atom. The quantitative estimate of drug-likeness (QED) is 0.776. The van der Waals surface area contributed by atoms with Crippen molar-refractivity contribution in [2.75, 3.05) is 13.1 Å². The van der Waals surface area contributed by atoms with Crippen molar-refractivity contribution in [3.8, 4) is 0 Å². The van der Waals surface area contributed by atoms with E-state index in [-0.39, 0.29) is 5.92 Å². The molecular formula is C14H19F2N. The lowest BCUT2D eigenvalue weighted by atomic mass is 9.69. The molecule has 94 valence electrons. The standard InChI is InChI=1S/C14H19F2N/c1-2-8-17-9-10-6-7-11(10)14-12(15)4-3-5-13(14)16/h3-5,10-11,17H,2,6-9H2,1H3. The minimum atomic E-state index is -0.393. The Bertz CT molecular complexity index is 358. The van der Waals surface area contributed by atoms with E-state index >= 15 is 0 Å². The molecule has 0 amide bonds. The first-order valence-corrected chi connectivity index (χ1v) is 6.38. The molecule has 1 aliphatic carbocycles. The summed E-state index contributed by atoms with van der Waals surface area (Å²) in [4.78, 5) is 0. The van der Waals surface area contributed by atoms with Crippen molar-refractivity contribution in [3.05, 3.63) is 35.4 Å². The molecular weight excluding hydrogens is 220 g/mol. The van der Waals surface area contributed by atoms with E-state index in [1.54, 1.807) is 0 Å². The summed E-state index contributed by atoms with van der Waals surface area (Å²) in [7, 11) is 0. The minimum absolute atomic E-state index is 0.0561. The van der Waals surface area contributed by atoms with Crippen LogP contribution in [0.2, 0.25) is 0 Å². The van der Waals surface area contributed by atoms with Gasteiger partial charge >= 0.3 is 0 Å². The monoisotopic (exact) mass is 239 g/mol. The van der Waals surface area contributed by atoms with E-state index in [1.165, 1.54) is 18.2 Å². The number of hydrogen-bond donors (Lipinski definition) is 1. The highest BCUT2D eigenvalue weighted by Crippen LogP contribution is 2.43. The Kier molecular flexibility index (Phi) is 4.11. The van der Waals surface area contributed by atoms with Crippen LogP contribution >= 0.6 is 0 Å². The molecule has 1 aromatic carbocycles. The van der Waals surface area contributed by atoms with E-state index in [0.717, 1.165) is 32.4 Å². The van der Waals surface area contributed by atoms with Crippen LogP contribution in [0.4, 0.5) is 8.78 Å². The summed E-state index contributed by atoms with van der Waals surface area (Å²) in [6, 6.07) is 4.14. The van der Waals surface area contributed by atoms with Crippen LogP contribution in [0.3, 0.4) is 0 Å². The maximum Gasteiger partial charge on any atom is 0.129 e. The topological polar surface area (TPSA) is 12.0 Å². The first kappa shape index (κ1) is 12.5. The molecule has 2 rings (SSSR count). The predicted octanol–water partition coefficient (Wildman–Crippen LogP) is 3.46. The van der Waals surface area contributed by atoms with E-state index in [4.69, 9.17) is 0 Å². The molecule has 1 aliphatic rings. The van der Waals surface area contributed by atoms with Crippen LogP contribution in [-0.2, 0) is 0 Å². The number of rotatable bonds is 5. The molecule has 1 aromatic rings. The molecule has 0 heterocycles. The molecule has 0 spiro atoms. The molecule has 1 saturated carbocycles. The molecule has 0 aromatic heterocycles. The Morgan fingerprint density at radius 3 is 2.47 bits per heavy atom. The Labute approximate surface area is 101 Å². The first-order valence-electron chi connectivity index (χ1n) is 6.38. The van der Waals surface area contributed by atoms with Gasteiger partial charge < -0.3 is 5.32 Å². The lowest BCUT2D eigenvalue weighted by molar-refractivity contribution is 0.235. The van der Waals surface area contributed by atoms with Gasteiger partial charge in [0.15, 0.2) is 0 Å². The van der Waals surface area contributed by atoms with Crippen LogP contribution in [0.5, 0.6) is 0 Å². The maximum atomic E-state index is 13.6. The second-order valence-corrected chi connectivity index (χ2v) is 4.78. The van der Waals surface area contributed by atoms with Crippen molar-refractivity contribution in [2.45, 2.75) is 32.1 Å². The smallest absolute Gasteiger partial charge is 0.129 e. The summed E-state index contributed by atoms with van der Waals surface area (Å²) in [6.07, 6.45) is 3.05. The summed E-state index contributed by atoms with van der Waals surface area (Å²) >= 11 is 0. The van der Waals surface area contributed by atoms with Gasteiger partial charge in [-0.2, -0.15) is 0 Å². The van der Waals surface area contributed by atoms with Crippen molar-refractivity contribution in [2.24, 2.45) is 5.92 Å². The lowest BCUT2D eigenvalue weighted by Crippen LogP contribution is -2.35. The van der Waals surface area contributed by atoms with Crippen LogP contribution in [-0.4, -0.2) is 13.1 Å². The summed E-state index contributed by atoms with van der Waals surface area (Å²) in [5.41, 5.74) is 0.294. The molecule has 3 heteroatoms. The van der Waals surface area contributed by atoms with Gasteiger partial charge in [0.1, 0.15) is 11.6 Å². The summed E-state index contributed by atoms with van der Waals surface area (Å²) in [5.74, 6) is -0.348. The molecule has 1 N–H and O–H groups in total. The van der Waals surface area contributed by atoms with Crippen molar-refractivity contribution in [1.82, 2.24) is 5.32 Å². The summed E-state index contributed by atoms with van der Waals surface area (Å²) in [5, 5.41) is 3.33. The Balaban J connectivity index is 2.02. The van der Waals surface area contributed by atoms with Gasteiger partial charge in [0.25, 0.3) is 0 Å². The van der Waals surface area contributed by atoms with Gasteiger partial charge in [0.2, 0.25) is 0 Å². The van der Waals surface area contributed by atoms with Gasteiger partial charge in [-0.25, -0.2) is 8.78 Å². The van der Waals surface area contributed by atoms with Crippen molar-refractivity contribution in [1.29, 1.82) is 0 Å². The number of benzene rings is 1. The SMILES string of the molecule is CCCNCC1CCC1c1c(F)cccc1F. The second kappa shape index (κ2) is 5.58. The predicted molar refractivity (Wildman–Crippen MR) is 65.0 cm³/mol. The second-order valence-electron chi connectivity index (χ2n) is 4.78. The van der Waals surface area contributed by atoms with E-state index in [2.05, 4.69) is 12.2 Å². The average molecular weight is 239 g/mol. The highest BCUT2D eigenvalue weighted by Gasteiger charge is 2.35. The van der Waals surface area contributed by atoms with E-state index in [0.29, 0.717) is 11.5 Å². The summed E-state index contributed by atoms with van der Waals surface area (Å²) in [6.45, 7) is 3.96. The zero-order valence-corrected chi connectivity index (χ0v) is 10.2. The number of halogens is 2. The van der Waals surface area contributed by atoms with Crippen molar-refractivity contribution >= 4 is 0 Å². The van der Waals surface area contributed by atoms with Crippen molar-refractivity contribution in [3.63, 3.8) is 0 Å². The molecule has 2 unspecified atom stereocenters.